The molecule has 3 heteroatoms. The minimum absolute atomic E-state index is 0.728. The van der Waals surface area contributed by atoms with Crippen LogP contribution in [0.15, 0.2) is 15.9 Å². The highest BCUT2D eigenvalue weighted by atomic mass is 79.9. The molecule has 16 heavy (non-hydrogen) atoms. The molecule has 0 radical (unpaired) electrons. The lowest BCUT2D eigenvalue weighted by Crippen LogP contribution is -2.31. The third-order valence-corrected chi connectivity index (χ3v) is 5.61. The average Bonchev–Trinajstić information content (AvgIpc) is 2.83. The summed E-state index contributed by atoms with van der Waals surface area (Å²) in [4.78, 5) is 1.43. The van der Waals surface area contributed by atoms with Crippen LogP contribution in [0, 0.1) is 11.8 Å². The molecule has 1 aliphatic rings. The quantitative estimate of drug-likeness (QED) is 0.868. The molecule has 1 aromatic rings. The molecule has 0 aromatic carbocycles. The van der Waals surface area contributed by atoms with Crippen molar-refractivity contribution in [2.45, 2.75) is 45.7 Å². The van der Waals surface area contributed by atoms with Gasteiger partial charge in [-0.1, -0.05) is 20.3 Å². The monoisotopic (exact) mass is 301 g/mol. The van der Waals surface area contributed by atoms with Gasteiger partial charge >= 0.3 is 0 Å². The number of halogens is 1. The first-order valence-electron chi connectivity index (χ1n) is 6.17. The summed E-state index contributed by atoms with van der Waals surface area (Å²) in [5.41, 5.74) is 0. The summed E-state index contributed by atoms with van der Waals surface area (Å²) in [6, 6.07) is 2.94. The van der Waals surface area contributed by atoms with Crippen molar-refractivity contribution in [3.05, 3.63) is 20.8 Å². The number of thiophene rings is 1. The smallest absolute Gasteiger partial charge is 0.0302 e. The van der Waals surface area contributed by atoms with Crippen LogP contribution in [0.5, 0.6) is 0 Å². The first kappa shape index (κ1) is 12.6. The lowest BCUT2D eigenvalue weighted by molar-refractivity contribution is 0.345. The van der Waals surface area contributed by atoms with E-state index >= 15 is 0 Å². The highest BCUT2D eigenvalue weighted by Gasteiger charge is 2.30. The van der Waals surface area contributed by atoms with Crippen molar-refractivity contribution in [3.8, 4) is 0 Å². The summed E-state index contributed by atoms with van der Waals surface area (Å²) in [6.45, 7) is 5.75. The van der Waals surface area contributed by atoms with Gasteiger partial charge in [-0.3, -0.25) is 0 Å². The third-order valence-electron chi connectivity index (χ3n) is 3.91. The van der Waals surface area contributed by atoms with E-state index in [0.29, 0.717) is 0 Å². The maximum absolute atomic E-state index is 3.71. The first-order valence-corrected chi connectivity index (χ1v) is 7.84. The molecule has 1 N–H and O–H groups in total. The second-order valence-electron chi connectivity index (χ2n) is 4.82. The van der Waals surface area contributed by atoms with E-state index in [-0.39, 0.29) is 0 Å². The van der Waals surface area contributed by atoms with Crippen molar-refractivity contribution < 1.29 is 0 Å². The van der Waals surface area contributed by atoms with Crippen LogP contribution in [-0.2, 0) is 6.54 Å². The van der Waals surface area contributed by atoms with E-state index in [2.05, 4.69) is 46.5 Å². The Morgan fingerprint density at radius 3 is 2.88 bits per heavy atom. The lowest BCUT2D eigenvalue weighted by Gasteiger charge is -2.20. The molecule has 3 unspecified atom stereocenters. The van der Waals surface area contributed by atoms with Gasteiger partial charge < -0.3 is 5.32 Å². The molecule has 2 rings (SSSR count). The minimum Gasteiger partial charge on any atom is -0.309 e. The number of hydrogen-bond acceptors (Lipinski definition) is 2. The molecule has 0 saturated heterocycles. The van der Waals surface area contributed by atoms with Crippen LogP contribution in [0.3, 0.4) is 0 Å². The summed E-state index contributed by atoms with van der Waals surface area (Å²) in [6.07, 6.45) is 4.10. The van der Waals surface area contributed by atoms with Crippen molar-refractivity contribution in [1.82, 2.24) is 5.32 Å². The summed E-state index contributed by atoms with van der Waals surface area (Å²) in [5.74, 6) is 1.78. The van der Waals surface area contributed by atoms with Gasteiger partial charge in [0.1, 0.15) is 0 Å². The Bertz CT molecular complexity index is 336. The summed E-state index contributed by atoms with van der Waals surface area (Å²) in [7, 11) is 0. The topological polar surface area (TPSA) is 12.0 Å². The molecular formula is C13H20BrNS. The second-order valence-corrected chi connectivity index (χ2v) is 6.73. The Kier molecular flexibility index (Phi) is 4.45. The zero-order valence-electron chi connectivity index (χ0n) is 10.0. The predicted molar refractivity (Wildman–Crippen MR) is 74.8 cm³/mol. The van der Waals surface area contributed by atoms with Gasteiger partial charge in [-0.25, -0.2) is 0 Å². The van der Waals surface area contributed by atoms with E-state index in [4.69, 9.17) is 0 Å². The highest BCUT2D eigenvalue weighted by molar-refractivity contribution is 9.10. The van der Waals surface area contributed by atoms with Gasteiger partial charge in [0.25, 0.3) is 0 Å². The molecule has 0 amide bonds. The Labute approximate surface area is 111 Å². The number of nitrogens with one attached hydrogen (secondary N) is 1. The van der Waals surface area contributed by atoms with Gasteiger partial charge in [-0.05, 0) is 46.7 Å². The van der Waals surface area contributed by atoms with Gasteiger partial charge in [0, 0.05) is 27.3 Å². The number of hydrogen-bond donors (Lipinski definition) is 1. The van der Waals surface area contributed by atoms with Crippen LogP contribution in [0.2, 0.25) is 0 Å². The zero-order valence-corrected chi connectivity index (χ0v) is 12.4. The minimum atomic E-state index is 0.728. The maximum Gasteiger partial charge on any atom is 0.0302 e. The molecule has 1 aliphatic carbocycles. The maximum atomic E-state index is 3.71. The van der Waals surface area contributed by atoms with Crippen LogP contribution in [0.25, 0.3) is 0 Å². The largest absolute Gasteiger partial charge is 0.309 e. The van der Waals surface area contributed by atoms with Crippen molar-refractivity contribution in [2.24, 2.45) is 11.8 Å². The van der Waals surface area contributed by atoms with Crippen molar-refractivity contribution in [2.75, 3.05) is 0 Å². The molecular weight excluding hydrogens is 282 g/mol. The van der Waals surface area contributed by atoms with E-state index in [0.717, 1.165) is 24.4 Å². The van der Waals surface area contributed by atoms with Crippen LogP contribution in [-0.4, -0.2) is 6.04 Å². The molecule has 0 aliphatic heterocycles. The van der Waals surface area contributed by atoms with Gasteiger partial charge in [-0.15, -0.1) is 11.3 Å². The normalized spacial score (nSPS) is 29.8. The van der Waals surface area contributed by atoms with Crippen molar-refractivity contribution in [3.63, 3.8) is 0 Å². The van der Waals surface area contributed by atoms with Gasteiger partial charge in [-0.2, -0.15) is 0 Å². The molecule has 90 valence electrons. The fraction of sp³-hybridized carbons (Fsp3) is 0.692. The predicted octanol–water partition coefficient (Wildman–Crippen LogP) is 4.42. The van der Waals surface area contributed by atoms with E-state index in [1.165, 1.54) is 28.6 Å². The molecule has 1 saturated carbocycles. The fourth-order valence-electron chi connectivity index (χ4n) is 2.79. The summed E-state index contributed by atoms with van der Waals surface area (Å²) in [5, 5.41) is 5.87. The van der Waals surface area contributed by atoms with E-state index < -0.39 is 0 Å². The highest BCUT2D eigenvalue weighted by Crippen LogP contribution is 2.34. The SMILES string of the molecule is CCC1CCC(NCc2cc(Br)cs2)C1C. The Hall–Kier alpha value is 0.140. The van der Waals surface area contributed by atoms with E-state index in [1.54, 1.807) is 0 Å². The zero-order chi connectivity index (χ0) is 11.5. The van der Waals surface area contributed by atoms with Crippen LogP contribution in [0.4, 0.5) is 0 Å². The molecule has 1 nitrogen and oxygen atoms in total. The average molecular weight is 302 g/mol. The van der Waals surface area contributed by atoms with Crippen molar-refractivity contribution >= 4 is 27.3 Å². The lowest BCUT2D eigenvalue weighted by atomic mass is 9.93. The molecule has 1 aromatic heterocycles. The molecule has 1 heterocycles. The van der Waals surface area contributed by atoms with E-state index in [9.17, 15) is 0 Å². The standard InChI is InChI=1S/C13H20BrNS/c1-3-10-4-5-13(9(10)2)15-7-12-6-11(14)8-16-12/h6,8-10,13,15H,3-5,7H2,1-2H3. The van der Waals surface area contributed by atoms with Gasteiger partial charge in [0.15, 0.2) is 0 Å². The number of rotatable bonds is 4. The fourth-order valence-corrected chi connectivity index (χ4v) is 4.19. The summed E-state index contributed by atoms with van der Waals surface area (Å²) >= 11 is 5.33. The molecule has 0 spiro atoms. The van der Waals surface area contributed by atoms with Crippen LogP contribution in [0.1, 0.15) is 38.0 Å². The Balaban J connectivity index is 1.83. The first-order chi connectivity index (χ1) is 7.70. The second kappa shape index (κ2) is 5.65. The molecule has 0 bridgehead atoms. The Morgan fingerprint density at radius 2 is 2.31 bits per heavy atom. The molecule has 1 fully saturated rings. The Morgan fingerprint density at radius 1 is 1.50 bits per heavy atom. The van der Waals surface area contributed by atoms with Crippen LogP contribution < -0.4 is 5.32 Å². The third kappa shape index (κ3) is 2.88. The van der Waals surface area contributed by atoms with Gasteiger partial charge in [0.2, 0.25) is 0 Å². The van der Waals surface area contributed by atoms with E-state index in [1.807, 2.05) is 11.3 Å². The van der Waals surface area contributed by atoms with Gasteiger partial charge in [0.05, 0.1) is 0 Å². The van der Waals surface area contributed by atoms with Crippen molar-refractivity contribution in [1.29, 1.82) is 0 Å². The van der Waals surface area contributed by atoms with Crippen LogP contribution >= 0.6 is 27.3 Å². The summed E-state index contributed by atoms with van der Waals surface area (Å²) < 4.78 is 1.21. The molecule has 3 atom stereocenters.